The third kappa shape index (κ3) is 3.30. The van der Waals surface area contributed by atoms with Gasteiger partial charge in [-0.15, -0.1) is 0 Å². The summed E-state index contributed by atoms with van der Waals surface area (Å²) in [6.07, 6.45) is 3.56. The zero-order valence-electron chi connectivity index (χ0n) is 12.4. The Morgan fingerprint density at radius 3 is 2.75 bits per heavy atom. The Labute approximate surface area is 120 Å². The van der Waals surface area contributed by atoms with E-state index in [9.17, 15) is 9.50 Å². The van der Waals surface area contributed by atoms with Gasteiger partial charge in [-0.2, -0.15) is 0 Å². The lowest BCUT2D eigenvalue weighted by Gasteiger charge is -2.40. The van der Waals surface area contributed by atoms with Crippen molar-refractivity contribution in [2.75, 3.05) is 24.6 Å². The minimum atomic E-state index is -0.203. The first-order chi connectivity index (χ1) is 9.67. The van der Waals surface area contributed by atoms with Gasteiger partial charge in [0.25, 0.3) is 0 Å². The molecule has 0 aromatic heterocycles. The molecule has 0 aliphatic heterocycles. The number of hydrogen-bond donors (Lipinski definition) is 2. The molecular formula is C16H25FN2O. The van der Waals surface area contributed by atoms with E-state index in [4.69, 9.17) is 0 Å². The first-order valence-electron chi connectivity index (χ1n) is 7.57. The third-order valence-corrected chi connectivity index (χ3v) is 4.13. The molecule has 0 heterocycles. The molecule has 3 nitrogen and oxygen atoms in total. The van der Waals surface area contributed by atoms with Gasteiger partial charge in [-0.25, -0.2) is 4.39 Å². The summed E-state index contributed by atoms with van der Waals surface area (Å²) in [4.78, 5) is 2.24. The maximum atomic E-state index is 13.6. The van der Waals surface area contributed by atoms with Crippen LogP contribution < -0.4 is 10.2 Å². The average molecular weight is 280 g/mol. The number of halogens is 1. The largest absolute Gasteiger partial charge is 0.395 e. The number of hydrogen-bond acceptors (Lipinski definition) is 3. The fraction of sp³-hybridized carbons (Fsp3) is 0.625. The number of aliphatic hydroxyl groups is 1. The summed E-state index contributed by atoms with van der Waals surface area (Å²) in [5, 5.41) is 12.7. The van der Waals surface area contributed by atoms with Crippen molar-refractivity contribution in [3.05, 3.63) is 29.6 Å². The van der Waals surface area contributed by atoms with Gasteiger partial charge in [0.05, 0.1) is 6.61 Å². The minimum absolute atomic E-state index is 0.104. The van der Waals surface area contributed by atoms with Gasteiger partial charge < -0.3 is 15.3 Å². The number of nitrogens with zero attached hydrogens (tertiary/aromatic N) is 1. The summed E-state index contributed by atoms with van der Waals surface area (Å²) in [7, 11) is 0. The lowest BCUT2D eigenvalue weighted by molar-refractivity contribution is 0.283. The van der Waals surface area contributed by atoms with E-state index in [1.165, 1.54) is 12.5 Å². The number of aliphatic hydroxyl groups excluding tert-OH is 1. The molecule has 20 heavy (non-hydrogen) atoms. The molecule has 1 aliphatic carbocycles. The van der Waals surface area contributed by atoms with Gasteiger partial charge in [0.1, 0.15) is 5.82 Å². The highest BCUT2D eigenvalue weighted by Gasteiger charge is 2.27. The van der Waals surface area contributed by atoms with Crippen molar-refractivity contribution in [2.45, 2.75) is 45.2 Å². The first-order valence-corrected chi connectivity index (χ1v) is 7.57. The van der Waals surface area contributed by atoms with Gasteiger partial charge in [0.15, 0.2) is 0 Å². The highest BCUT2D eigenvalue weighted by Crippen LogP contribution is 2.34. The van der Waals surface area contributed by atoms with Crippen molar-refractivity contribution in [1.82, 2.24) is 5.32 Å². The van der Waals surface area contributed by atoms with Crippen LogP contribution in [0.15, 0.2) is 18.2 Å². The van der Waals surface area contributed by atoms with Crippen molar-refractivity contribution in [3.8, 4) is 0 Å². The lowest BCUT2D eigenvalue weighted by atomic mass is 9.90. The molecule has 0 radical (unpaired) electrons. The van der Waals surface area contributed by atoms with Gasteiger partial charge >= 0.3 is 0 Å². The monoisotopic (exact) mass is 280 g/mol. The fourth-order valence-corrected chi connectivity index (χ4v) is 2.86. The normalized spacial score (nSPS) is 16.8. The van der Waals surface area contributed by atoms with Gasteiger partial charge in [-0.3, -0.25) is 0 Å². The average Bonchev–Trinajstić information content (AvgIpc) is 2.36. The Hall–Kier alpha value is -1.13. The second-order valence-corrected chi connectivity index (χ2v) is 5.48. The topological polar surface area (TPSA) is 35.5 Å². The van der Waals surface area contributed by atoms with E-state index in [2.05, 4.69) is 17.1 Å². The zero-order valence-corrected chi connectivity index (χ0v) is 12.4. The first kappa shape index (κ1) is 15.3. The van der Waals surface area contributed by atoms with Crippen molar-refractivity contribution < 1.29 is 9.50 Å². The van der Waals surface area contributed by atoms with Crippen molar-refractivity contribution in [3.63, 3.8) is 0 Å². The van der Waals surface area contributed by atoms with E-state index in [1.807, 2.05) is 13.0 Å². The summed E-state index contributed by atoms with van der Waals surface area (Å²) in [5.74, 6) is -0.203. The van der Waals surface area contributed by atoms with Crippen LogP contribution in [-0.4, -0.2) is 30.8 Å². The van der Waals surface area contributed by atoms with Crippen LogP contribution in [0.25, 0.3) is 0 Å². The number of nitrogens with one attached hydrogen (secondary N) is 1. The zero-order chi connectivity index (χ0) is 14.5. The molecule has 112 valence electrons. The molecule has 1 aromatic rings. The van der Waals surface area contributed by atoms with Gasteiger partial charge in [-0.1, -0.05) is 6.92 Å². The van der Waals surface area contributed by atoms with Crippen molar-refractivity contribution in [1.29, 1.82) is 0 Å². The Balaban J connectivity index is 2.31. The van der Waals surface area contributed by atoms with Gasteiger partial charge in [-0.05, 0) is 56.5 Å². The summed E-state index contributed by atoms with van der Waals surface area (Å²) in [5.41, 5.74) is 2.03. The van der Waals surface area contributed by atoms with Crippen LogP contribution in [0, 0.1) is 5.82 Å². The van der Waals surface area contributed by atoms with E-state index in [0.717, 1.165) is 30.6 Å². The maximum Gasteiger partial charge on any atom is 0.123 e. The van der Waals surface area contributed by atoms with Crippen LogP contribution in [0.3, 0.4) is 0 Å². The molecule has 1 unspecified atom stereocenters. The highest BCUT2D eigenvalue weighted by atomic mass is 19.1. The van der Waals surface area contributed by atoms with Gasteiger partial charge in [0.2, 0.25) is 0 Å². The highest BCUT2D eigenvalue weighted by molar-refractivity contribution is 5.56. The van der Waals surface area contributed by atoms with Crippen LogP contribution in [0.5, 0.6) is 0 Å². The molecule has 0 amide bonds. The van der Waals surface area contributed by atoms with Crippen LogP contribution in [-0.2, 0) is 0 Å². The summed E-state index contributed by atoms with van der Waals surface area (Å²) < 4.78 is 13.6. The second-order valence-electron chi connectivity index (χ2n) is 5.48. The molecule has 1 aromatic carbocycles. The number of rotatable bonds is 7. The summed E-state index contributed by atoms with van der Waals surface area (Å²) in [6, 6.07) is 5.57. The number of benzene rings is 1. The van der Waals surface area contributed by atoms with E-state index in [0.29, 0.717) is 12.6 Å². The van der Waals surface area contributed by atoms with Crippen LogP contribution >= 0.6 is 0 Å². The quantitative estimate of drug-likeness (QED) is 0.806. The number of anilines is 1. The van der Waals surface area contributed by atoms with Crippen molar-refractivity contribution >= 4 is 5.69 Å². The van der Waals surface area contributed by atoms with Gasteiger partial charge in [0, 0.05) is 24.3 Å². The van der Waals surface area contributed by atoms with Crippen LogP contribution in [0.1, 0.15) is 44.7 Å². The Bertz CT molecular complexity index is 434. The van der Waals surface area contributed by atoms with E-state index < -0.39 is 0 Å². The molecular weight excluding hydrogens is 255 g/mol. The Morgan fingerprint density at radius 1 is 1.45 bits per heavy atom. The SMILES string of the molecule is CCNC(C)c1cc(F)ccc1N(CCO)C1CCC1. The summed E-state index contributed by atoms with van der Waals surface area (Å²) in [6.45, 7) is 5.69. The molecule has 0 saturated heterocycles. The molecule has 2 rings (SSSR count). The van der Waals surface area contributed by atoms with Crippen LogP contribution in [0.4, 0.5) is 10.1 Å². The predicted octanol–water partition coefficient (Wildman–Crippen LogP) is 2.85. The molecule has 0 bridgehead atoms. The molecule has 1 saturated carbocycles. The molecule has 1 fully saturated rings. The fourth-order valence-electron chi connectivity index (χ4n) is 2.86. The predicted molar refractivity (Wildman–Crippen MR) is 80.6 cm³/mol. The third-order valence-electron chi connectivity index (χ3n) is 4.13. The van der Waals surface area contributed by atoms with Crippen LogP contribution in [0.2, 0.25) is 0 Å². The standard InChI is InChI=1S/C16H25FN2O/c1-3-18-12(2)15-11-13(17)7-8-16(15)19(9-10-20)14-5-4-6-14/h7-8,11-12,14,18,20H,3-6,9-10H2,1-2H3. The van der Waals surface area contributed by atoms with E-state index in [1.54, 1.807) is 6.07 Å². The molecule has 1 atom stereocenters. The summed E-state index contributed by atoms with van der Waals surface area (Å²) >= 11 is 0. The molecule has 4 heteroatoms. The molecule has 0 spiro atoms. The molecule has 1 aliphatic rings. The molecule has 2 N–H and O–H groups in total. The maximum absolute atomic E-state index is 13.6. The van der Waals surface area contributed by atoms with Crippen molar-refractivity contribution in [2.24, 2.45) is 0 Å². The van der Waals surface area contributed by atoms with E-state index >= 15 is 0 Å². The Kier molecular flexibility index (Phi) is 5.38. The Morgan fingerprint density at radius 2 is 2.20 bits per heavy atom. The smallest absolute Gasteiger partial charge is 0.123 e. The van der Waals surface area contributed by atoms with E-state index in [-0.39, 0.29) is 18.5 Å². The lowest BCUT2D eigenvalue weighted by Crippen LogP contribution is -2.42. The minimum Gasteiger partial charge on any atom is -0.395 e. The second kappa shape index (κ2) is 7.04.